The molecule has 12 nitrogen and oxygen atoms in total. The van der Waals surface area contributed by atoms with Gasteiger partial charge >= 0.3 is 0 Å². The lowest BCUT2D eigenvalue weighted by molar-refractivity contribution is 0.514. The van der Waals surface area contributed by atoms with Gasteiger partial charge in [-0.1, -0.05) is 0 Å². The van der Waals surface area contributed by atoms with E-state index in [1.54, 1.807) is 91.5 Å². The molecule has 0 radical (unpaired) electrons. The van der Waals surface area contributed by atoms with Gasteiger partial charge in [-0.2, -0.15) is 0 Å². The SMILES string of the molecule is O=S(=O)(c1ccc(NCc2nnc(-c3ccncc3)o2)cc1)c1ccc(NCc2nnc(-c3cccnc3)o2)cc1. The van der Waals surface area contributed by atoms with E-state index in [2.05, 4.69) is 41.0 Å². The maximum Gasteiger partial charge on any atom is 0.249 e. The van der Waals surface area contributed by atoms with Crippen LogP contribution in [0, 0.1) is 0 Å². The molecular formula is C28H22N8O4S. The van der Waals surface area contributed by atoms with Gasteiger partial charge in [-0.3, -0.25) is 9.97 Å². The molecule has 4 heterocycles. The van der Waals surface area contributed by atoms with Crippen molar-refractivity contribution in [2.24, 2.45) is 0 Å². The summed E-state index contributed by atoms with van der Waals surface area (Å²) in [4.78, 5) is 8.37. The minimum Gasteiger partial charge on any atom is -0.419 e. The molecule has 0 fully saturated rings. The van der Waals surface area contributed by atoms with Gasteiger partial charge in [0.15, 0.2) is 0 Å². The largest absolute Gasteiger partial charge is 0.419 e. The van der Waals surface area contributed by atoms with Gasteiger partial charge in [0.05, 0.1) is 28.4 Å². The van der Waals surface area contributed by atoms with E-state index in [9.17, 15) is 8.42 Å². The summed E-state index contributed by atoms with van der Waals surface area (Å²) in [5, 5.41) is 22.5. The first-order valence-electron chi connectivity index (χ1n) is 12.4. The second kappa shape index (κ2) is 11.4. The number of sulfone groups is 1. The maximum absolute atomic E-state index is 13.2. The summed E-state index contributed by atoms with van der Waals surface area (Å²) in [7, 11) is -3.71. The van der Waals surface area contributed by atoms with Crippen LogP contribution in [0.5, 0.6) is 0 Å². The van der Waals surface area contributed by atoms with Crippen molar-refractivity contribution in [2.45, 2.75) is 22.9 Å². The van der Waals surface area contributed by atoms with Gasteiger partial charge < -0.3 is 19.5 Å². The van der Waals surface area contributed by atoms with Crippen LogP contribution in [0.3, 0.4) is 0 Å². The Morgan fingerprint density at radius 1 is 0.585 bits per heavy atom. The van der Waals surface area contributed by atoms with E-state index in [0.717, 1.165) is 11.1 Å². The third-order valence-corrected chi connectivity index (χ3v) is 7.77. The first kappa shape index (κ1) is 25.8. The van der Waals surface area contributed by atoms with Crippen molar-refractivity contribution in [3.63, 3.8) is 0 Å². The summed E-state index contributed by atoms with van der Waals surface area (Å²) < 4.78 is 37.7. The zero-order valence-corrected chi connectivity index (χ0v) is 22.2. The van der Waals surface area contributed by atoms with Crippen molar-refractivity contribution in [1.29, 1.82) is 0 Å². The minimum absolute atomic E-state index is 0.176. The number of nitrogens with one attached hydrogen (secondary N) is 2. The third kappa shape index (κ3) is 5.94. The second-order valence-electron chi connectivity index (χ2n) is 8.74. The van der Waals surface area contributed by atoms with E-state index >= 15 is 0 Å². The summed E-state index contributed by atoms with van der Waals surface area (Å²) in [5.74, 6) is 1.57. The maximum atomic E-state index is 13.2. The van der Waals surface area contributed by atoms with Crippen molar-refractivity contribution < 1.29 is 17.3 Å². The van der Waals surface area contributed by atoms with Crippen molar-refractivity contribution in [2.75, 3.05) is 10.6 Å². The van der Waals surface area contributed by atoms with E-state index in [1.807, 2.05) is 6.07 Å². The zero-order chi connectivity index (χ0) is 28.1. The topological polar surface area (TPSA) is 162 Å². The lowest BCUT2D eigenvalue weighted by Crippen LogP contribution is -2.04. The third-order valence-electron chi connectivity index (χ3n) is 5.99. The van der Waals surface area contributed by atoms with Crippen LogP contribution in [0.1, 0.15) is 11.8 Å². The molecule has 2 N–H and O–H groups in total. The number of anilines is 2. The molecule has 13 heteroatoms. The molecule has 4 aromatic heterocycles. The lowest BCUT2D eigenvalue weighted by Gasteiger charge is -2.09. The standard InChI is InChI=1S/C28H22N8O4S/c37-41(38,23-7-3-21(4-8-23)31-17-25-33-35-27(39-25)19-11-14-29-15-12-19)24-9-5-22(6-10-24)32-18-26-34-36-28(40-26)20-2-1-13-30-16-20/h1-16,31-32H,17-18H2. The minimum atomic E-state index is -3.71. The van der Waals surface area contributed by atoms with Crippen LogP contribution in [-0.2, 0) is 22.9 Å². The Balaban J connectivity index is 1.05. The number of hydrogen-bond acceptors (Lipinski definition) is 12. The Hall–Kier alpha value is -5.43. The van der Waals surface area contributed by atoms with Crippen LogP contribution < -0.4 is 10.6 Å². The molecule has 6 rings (SSSR count). The molecule has 0 amide bonds. The monoisotopic (exact) mass is 566 g/mol. The Bertz CT molecular complexity index is 1710. The lowest BCUT2D eigenvalue weighted by atomic mass is 10.3. The van der Waals surface area contributed by atoms with Crippen molar-refractivity contribution >= 4 is 21.2 Å². The smallest absolute Gasteiger partial charge is 0.249 e. The highest BCUT2D eigenvalue weighted by Gasteiger charge is 2.18. The van der Waals surface area contributed by atoms with E-state index in [0.29, 0.717) is 34.9 Å². The van der Waals surface area contributed by atoms with Crippen molar-refractivity contribution in [3.8, 4) is 22.9 Å². The number of hydrogen-bond donors (Lipinski definition) is 2. The molecule has 0 saturated heterocycles. The van der Waals surface area contributed by atoms with Crippen LogP contribution in [-0.4, -0.2) is 38.8 Å². The molecule has 0 atom stereocenters. The Morgan fingerprint density at radius 3 is 1.63 bits per heavy atom. The fourth-order valence-corrected chi connectivity index (χ4v) is 5.12. The van der Waals surface area contributed by atoms with Crippen molar-refractivity contribution in [1.82, 2.24) is 30.4 Å². The first-order chi connectivity index (χ1) is 20.0. The molecule has 0 bridgehead atoms. The molecule has 2 aromatic carbocycles. The number of nitrogens with zero attached hydrogens (tertiary/aromatic N) is 6. The van der Waals surface area contributed by atoms with Crippen molar-refractivity contribution in [3.05, 3.63) is 109 Å². The molecule has 0 aliphatic carbocycles. The average Bonchev–Trinajstić information content (AvgIpc) is 3.71. The summed E-state index contributed by atoms with van der Waals surface area (Å²) >= 11 is 0. The molecule has 6 aromatic rings. The molecule has 0 saturated carbocycles. The highest BCUT2D eigenvalue weighted by Crippen LogP contribution is 2.25. The highest BCUT2D eigenvalue weighted by atomic mass is 32.2. The van der Waals surface area contributed by atoms with Crippen LogP contribution in [0.15, 0.2) is 116 Å². The number of benzene rings is 2. The summed E-state index contributed by atoms with van der Waals surface area (Å²) in [6, 6.07) is 20.1. The molecule has 0 aliphatic rings. The van der Waals surface area contributed by atoms with Crippen LogP contribution in [0.2, 0.25) is 0 Å². The fraction of sp³-hybridized carbons (Fsp3) is 0.0714. The Labute approximate surface area is 234 Å². The van der Waals surface area contributed by atoms with E-state index in [1.165, 1.54) is 0 Å². The predicted octanol–water partition coefficient (Wildman–Crippen LogP) is 4.63. The predicted molar refractivity (Wildman–Crippen MR) is 148 cm³/mol. The number of rotatable bonds is 10. The molecule has 0 aliphatic heterocycles. The average molecular weight is 567 g/mol. The highest BCUT2D eigenvalue weighted by molar-refractivity contribution is 7.91. The number of pyridine rings is 2. The van der Waals surface area contributed by atoms with E-state index in [4.69, 9.17) is 8.83 Å². The molecule has 204 valence electrons. The van der Waals surface area contributed by atoms with Crippen LogP contribution in [0.25, 0.3) is 22.9 Å². The van der Waals surface area contributed by atoms with Gasteiger partial charge in [-0.05, 0) is 72.8 Å². The van der Waals surface area contributed by atoms with Gasteiger partial charge in [-0.25, -0.2) is 8.42 Å². The van der Waals surface area contributed by atoms with Gasteiger partial charge in [0.1, 0.15) is 0 Å². The normalized spacial score (nSPS) is 11.3. The zero-order valence-electron chi connectivity index (χ0n) is 21.4. The number of aromatic nitrogens is 6. The summed E-state index contributed by atoms with van der Waals surface area (Å²) in [6.45, 7) is 0.565. The Kier molecular flexibility index (Phi) is 7.15. The van der Waals surface area contributed by atoms with Crippen LogP contribution in [0.4, 0.5) is 11.4 Å². The van der Waals surface area contributed by atoms with E-state index in [-0.39, 0.29) is 22.9 Å². The molecular weight excluding hydrogens is 544 g/mol. The quantitative estimate of drug-likeness (QED) is 0.237. The van der Waals surface area contributed by atoms with E-state index < -0.39 is 9.84 Å². The molecule has 41 heavy (non-hydrogen) atoms. The summed E-state index contributed by atoms with van der Waals surface area (Å²) in [5.41, 5.74) is 2.92. The van der Waals surface area contributed by atoms with Crippen LogP contribution >= 0.6 is 0 Å². The fourth-order valence-electron chi connectivity index (χ4n) is 3.86. The second-order valence-corrected chi connectivity index (χ2v) is 10.7. The van der Waals surface area contributed by atoms with Gasteiger partial charge in [0.2, 0.25) is 33.4 Å². The van der Waals surface area contributed by atoms with Gasteiger partial charge in [0.25, 0.3) is 0 Å². The molecule has 0 spiro atoms. The molecule has 0 unspecified atom stereocenters. The van der Waals surface area contributed by atoms with Gasteiger partial charge in [-0.15, -0.1) is 20.4 Å². The first-order valence-corrected chi connectivity index (χ1v) is 13.9. The summed E-state index contributed by atoms with van der Waals surface area (Å²) in [6.07, 6.45) is 6.61. The Morgan fingerprint density at radius 2 is 1.12 bits per heavy atom. The van der Waals surface area contributed by atoms with Gasteiger partial charge in [0, 0.05) is 41.7 Å².